The van der Waals surface area contributed by atoms with Crippen LogP contribution < -0.4 is 10.6 Å². The van der Waals surface area contributed by atoms with Gasteiger partial charge in [0, 0.05) is 38.4 Å². The van der Waals surface area contributed by atoms with Crippen LogP contribution in [0.3, 0.4) is 0 Å². The van der Waals surface area contributed by atoms with Gasteiger partial charge in [-0.15, -0.1) is 0 Å². The van der Waals surface area contributed by atoms with Crippen molar-refractivity contribution in [3.8, 4) is 0 Å². The average molecular weight is 360 g/mol. The molecule has 5 nitrogen and oxygen atoms in total. The first-order chi connectivity index (χ1) is 12.3. The molecule has 0 saturated carbocycles. The molecule has 0 fully saturated rings. The Morgan fingerprint density at radius 1 is 1.24 bits per heavy atom. The summed E-state index contributed by atoms with van der Waals surface area (Å²) in [4.78, 5) is 11.2. The molecule has 2 aromatic heterocycles. The number of nitrogens with zero attached hydrogens (tertiary/aromatic N) is 3. The molecule has 2 heterocycles. The quantitative estimate of drug-likeness (QED) is 0.534. The zero-order valence-electron chi connectivity index (χ0n) is 15.4. The van der Waals surface area contributed by atoms with E-state index in [0.29, 0.717) is 6.04 Å². The number of hydrogen-bond donors (Lipinski definition) is 2. The van der Waals surface area contributed by atoms with Gasteiger partial charge in [-0.25, -0.2) is 0 Å². The number of guanidine groups is 1. The van der Waals surface area contributed by atoms with Gasteiger partial charge < -0.3 is 10.6 Å². The van der Waals surface area contributed by atoms with E-state index in [1.54, 1.807) is 11.3 Å². The van der Waals surface area contributed by atoms with Gasteiger partial charge in [0.05, 0.1) is 6.04 Å². The number of hydrogen-bond acceptors (Lipinski definition) is 4. The van der Waals surface area contributed by atoms with E-state index < -0.39 is 0 Å². The van der Waals surface area contributed by atoms with Gasteiger partial charge >= 0.3 is 0 Å². The smallest absolute Gasteiger partial charge is 0.191 e. The summed E-state index contributed by atoms with van der Waals surface area (Å²) in [6.45, 7) is 8.13. The van der Waals surface area contributed by atoms with E-state index in [-0.39, 0.29) is 0 Å². The first-order valence-electron chi connectivity index (χ1n) is 8.89. The molecule has 0 aromatic carbocycles. The summed E-state index contributed by atoms with van der Waals surface area (Å²) in [6.07, 6.45) is 2.71. The predicted molar refractivity (Wildman–Crippen MR) is 107 cm³/mol. The second kappa shape index (κ2) is 10.8. The van der Waals surface area contributed by atoms with E-state index in [0.717, 1.165) is 44.3 Å². The van der Waals surface area contributed by atoms with Crippen LogP contribution in [-0.4, -0.2) is 49.1 Å². The van der Waals surface area contributed by atoms with Crippen LogP contribution in [0.5, 0.6) is 0 Å². The number of nitrogens with one attached hydrogen (secondary N) is 2. The van der Waals surface area contributed by atoms with Gasteiger partial charge in [0.2, 0.25) is 0 Å². The van der Waals surface area contributed by atoms with E-state index in [9.17, 15) is 0 Å². The van der Waals surface area contributed by atoms with Crippen LogP contribution in [0.2, 0.25) is 0 Å². The van der Waals surface area contributed by atoms with Crippen LogP contribution >= 0.6 is 11.3 Å². The average Bonchev–Trinajstić information content (AvgIpc) is 3.18. The second-order valence-electron chi connectivity index (χ2n) is 5.74. The standard InChI is InChI=1S/C19H29N5S/c1-4-24(5-2)18(16-10-13-25-15-16)14-23-19(20-3)22-12-9-17-8-6-7-11-21-17/h6-8,10-11,13,15,18H,4-5,9,12,14H2,1-3H3,(H2,20,22,23). The van der Waals surface area contributed by atoms with Gasteiger partial charge in [0.1, 0.15) is 0 Å². The largest absolute Gasteiger partial charge is 0.356 e. The maximum Gasteiger partial charge on any atom is 0.191 e. The third-order valence-electron chi connectivity index (χ3n) is 4.27. The highest BCUT2D eigenvalue weighted by Crippen LogP contribution is 2.22. The number of likely N-dealkylation sites (N-methyl/N-ethyl adjacent to an activating group) is 1. The molecular weight excluding hydrogens is 330 g/mol. The fraction of sp³-hybridized carbons (Fsp3) is 0.474. The van der Waals surface area contributed by atoms with Crippen molar-refractivity contribution in [1.29, 1.82) is 0 Å². The van der Waals surface area contributed by atoms with Crippen LogP contribution in [0, 0.1) is 0 Å². The highest BCUT2D eigenvalue weighted by molar-refractivity contribution is 7.07. The number of rotatable bonds is 9. The molecule has 0 bridgehead atoms. The van der Waals surface area contributed by atoms with Crippen molar-refractivity contribution < 1.29 is 0 Å². The maximum absolute atomic E-state index is 4.35. The number of aliphatic imine (C=N–C) groups is 1. The fourth-order valence-corrected chi connectivity index (χ4v) is 3.56. The monoisotopic (exact) mass is 359 g/mol. The third-order valence-corrected chi connectivity index (χ3v) is 4.97. The SMILES string of the molecule is CCN(CC)C(CNC(=NC)NCCc1ccccn1)c1ccsc1. The molecule has 1 unspecified atom stereocenters. The van der Waals surface area contributed by atoms with Crippen molar-refractivity contribution in [3.63, 3.8) is 0 Å². The van der Waals surface area contributed by atoms with Crippen molar-refractivity contribution in [2.24, 2.45) is 4.99 Å². The summed E-state index contributed by atoms with van der Waals surface area (Å²) in [5, 5.41) is 11.2. The highest BCUT2D eigenvalue weighted by atomic mass is 32.1. The molecule has 0 aliphatic heterocycles. The van der Waals surface area contributed by atoms with E-state index in [2.05, 4.69) is 56.2 Å². The lowest BCUT2D eigenvalue weighted by molar-refractivity contribution is 0.219. The summed E-state index contributed by atoms with van der Waals surface area (Å²) >= 11 is 1.75. The van der Waals surface area contributed by atoms with Crippen molar-refractivity contribution in [2.75, 3.05) is 33.2 Å². The molecule has 25 heavy (non-hydrogen) atoms. The normalized spacial score (nSPS) is 13.0. The zero-order chi connectivity index (χ0) is 17.9. The molecule has 0 aliphatic rings. The summed E-state index contributed by atoms with van der Waals surface area (Å²) in [7, 11) is 1.81. The van der Waals surface area contributed by atoms with Gasteiger partial charge in [-0.05, 0) is 47.6 Å². The summed E-state index contributed by atoms with van der Waals surface area (Å²) in [5.41, 5.74) is 2.45. The fourth-order valence-electron chi connectivity index (χ4n) is 2.86. The molecule has 1 atom stereocenters. The Balaban J connectivity index is 1.86. The molecule has 0 aliphatic carbocycles. The summed E-state index contributed by atoms with van der Waals surface area (Å²) in [6, 6.07) is 8.58. The molecular formula is C19H29N5S. The first kappa shape index (κ1) is 19.4. The molecule has 0 saturated heterocycles. The van der Waals surface area contributed by atoms with Crippen molar-refractivity contribution in [3.05, 3.63) is 52.5 Å². The Morgan fingerprint density at radius 2 is 2.08 bits per heavy atom. The minimum atomic E-state index is 0.357. The van der Waals surface area contributed by atoms with Crippen molar-refractivity contribution >= 4 is 17.3 Å². The Hall–Kier alpha value is -1.92. The molecule has 0 spiro atoms. The number of aromatic nitrogens is 1. The summed E-state index contributed by atoms with van der Waals surface area (Å²) < 4.78 is 0. The molecule has 136 valence electrons. The predicted octanol–water partition coefficient (Wildman–Crippen LogP) is 2.93. The third kappa shape index (κ3) is 6.14. The number of thiophene rings is 1. The second-order valence-corrected chi connectivity index (χ2v) is 6.52. The molecule has 2 aromatic rings. The molecule has 0 amide bonds. The van der Waals surface area contributed by atoms with Gasteiger partial charge in [-0.3, -0.25) is 14.9 Å². The van der Waals surface area contributed by atoms with Crippen molar-refractivity contribution in [1.82, 2.24) is 20.5 Å². The van der Waals surface area contributed by atoms with Crippen LogP contribution in [-0.2, 0) is 6.42 Å². The zero-order valence-corrected chi connectivity index (χ0v) is 16.2. The highest BCUT2D eigenvalue weighted by Gasteiger charge is 2.18. The van der Waals surface area contributed by atoms with Gasteiger partial charge in [0.15, 0.2) is 5.96 Å². The molecule has 0 radical (unpaired) electrons. The van der Waals surface area contributed by atoms with E-state index in [1.165, 1.54) is 5.56 Å². The minimum Gasteiger partial charge on any atom is -0.356 e. The van der Waals surface area contributed by atoms with Crippen LogP contribution in [0.1, 0.15) is 31.1 Å². The van der Waals surface area contributed by atoms with Gasteiger partial charge in [0.25, 0.3) is 0 Å². The summed E-state index contributed by atoms with van der Waals surface area (Å²) in [5.74, 6) is 0.836. The minimum absolute atomic E-state index is 0.357. The van der Waals surface area contributed by atoms with Crippen LogP contribution in [0.4, 0.5) is 0 Å². The lowest BCUT2D eigenvalue weighted by atomic mass is 10.1. The van der Waals surface area contributed by atoms with E-state index >= 15 is 0 Å². The molecule has 2 N–H and O–H groups in total. The Morgan fingerprint density at radius 3 is 2.68 bits per heavy atom. The Bertz CT molecular complexity index is 608. The van der Waals surface area contributed by atoms with Gasteiger partial charge in [-0.1, -0.05) is 19.9 Å². The Labute approximate surface area is 155 Å². The Kier molecular flexibility index (Phi) is 8.42. The maximum atomic E-state index is 4.35. The van der Waals surface area contributed by atoms with Crippen LogP contribution in [0.15, 0.2) is 46.2 Å². The van der Waals surface area contributed by atoms with Crippen molar-refractivity contribution in [2.45, 2.75) is 26.3 Å². The molecule has 6 heteroatoms. The molecule has 2 rings (SSSR count). The van der Waals surface area contributed by atoms with Gasteiger partial charge in [-0.2, -0.15) is 11.3 Å². The topological polar surface area (TPSA) is 52.5 Å². The lowest BCUT2D eigenvalue weighted by Gasteiger charge is -2.30. The first-order valence-corrected chi connectivity index (χ1v) is 9.83. The number of pyridine rings is 1. The van der Waals surface area contributed by atoms with Crippen LogP contribution in [0.25, 0.3) is 0 Å². The van der Waals surface area contributed by atoms with E-state index in [1.807, 2.05) is 31.4 Å². The lowest BCUT2D eigenvalue weighted by Crippen LogP contribution is -2.43. The van der Waals surface area contributed by atoms with E-state index in [4.69, 9.17) is 0 Å².